The number of nitrogens with zero attached hydrogens (tertiary/aromatic N) is 1. The van der Waals surface area contributed by atoms with E-state index in [9.17, 15) is 4.79 Å². The Morgan fingerprint density at radius 2 is 1.44 bits per heavy atom. The van der Waals surface area contributed by atoms with E-state index in [0.29, 0.717) is 5.56 Å². The molecular formula is C23H33NO2Si. The van der Waals surface area contributed by atoms with Crippen molar-refractivity contribution >= 4 is 14.1 Å². The number of aromatic nitrogens is 1. The fourth-order valence-corrected chi connectivity index (χ4v) is 3.75. The van der Waals surface area contributed by atoms with Crippen LogP contribution in [0.5, 0.6) is 0 Å². The monoisotopic (exact) mass is 383 g/mol. The third kappa shape index (κ3) is 5.14. The number of ketones is 1. The Hall–Kier alpha value is -1.78. The molecular weight excluding hydrogens is 350 g/mol. The van der Waals surface area contributed by atoms with Gasteiger partial charge in [0.2, 0.25) is 0 Å². The highest BCUT2D eigenvalue weighted by Crippen LogP contribution is 2.40. The lowest BCUT2D eigenvalue weighted by Crippen LogP contribution is -2.43. The summed E-state index contributed by atoms with van der Waals surface area (Å²) in [5.74, 6) is 0.00600. The smallest absolute Gasteiger partial charge is 0.194 e. The highest BCUT2D eigenvalue weighted by atomic mass is 28.4. The zero-order valence-corrected chi connectivity index (χ0v) is 19.0. The van der Waals surface area contributed by atoms with Gasteiger partial charge in [0.05, 0.1) is 0 Å². The normalized spacial score (nSPS) is 14.1. The first-order valence-electron chi connectivity index (χ1n) is 9.55. The third-order valence-electron chi connectivity index (χ3n) is 5.50. The van der Waals surface area contributed by atoms with Gasteiger partial charge in [0.15, 0.2) is 14.1 Å². The molecule has 27 heavy (non-hydrogen) atoms. The standard InChI is InChI=1S/C23H33NO2Si/c1-22(2,3)19-11-9-17(10-12-19)20(25)21(18-13-15-24-16-14-18)26-27(7,8)23(4,5)6/h9-16,21H,1-8H3. The lowest BCUT2D eigenvalue weighted by molar-refractivity contribution is 0.0767. The fourth-order valence-electron chi connectivity index (χ4n) is 2.57. The van der Waals surface area contributed by atoms with Crippen LogP contribution in [0.1, 0.15) is 69.1 Å². The Balaban J connectivity index is 2.40. The predicted octanol–water partition coefficient (Wildman–Crippen LogP) is 6.32. The molecule has 0 fully saturated rings. The summed E-state index contributed by atoms with van der Waals surface area (Å²) in [5, 5.41) is 0.0225. The van der Waals surface area contributed by atoms with Gasteiger partial charge in [-0.25, -0.2) is 0 Å². The van der Waals surface area contributed by atoms with Crippen molar-refractivity contribution in [2.45, 2.75) is 71.2 Å². The number of Topliss-reactive ketones (excluding diaryl/α,β-unsaturated/α-hetero) is 1. The Kier molecular flexibility index (Phi) is 6.12. The van der Waals surface area contributed by atoms with Crippen LogP contribution in [0.25, 0.3) is 0 Å². The SMILES string of the molecule is CC(C)(C)c1ccc(C(=O)C(O[Si](C)(C)C(C)(C)C)c2ccncc2)cc1. The summed E-state index contributed by atoms with van der Waals surface area (Å²) in [7, 11) is -2.13. The van der Waals surface area contributed by atoms with Gasteiger partial charge >= 0.3 is 0 Å². The van der Waals surface area contributed by atoms with Gasteiger partial charge in [-0.05, 0) is 46.8 Å². The summed E-state index contributed by atoms with van der Waals surface area (Å²) in [4.78, 5) is 17.5. The van der Waals surface area contributed by atoms with Crippen LogP contribution in [0.4, 0.5) is 0 Å². The molecule has 2 aromatic rings. The molecule has 4 heteroatoms. The largest absolute Gasteiger partial charge is 0.403 e. The molecule has 0 aliphatic carbocycles. The van der Waals surface area contributed by atoms with Crippen LogP contribution in [-0.2, 0) is 9.84 Å². The number of benzene rings is 1. The van der Waals surface area contributed by atoms with E-state index in [4.69, 9.17) is 4.43 Å². The zero-order chi connectivity index (χ0) is 20.5. The minimum atomic E-state index is -2.13. The van der Waals surface area contributed by atoms with Crippen molar-refractivity contribution in [3.05, 3.63) is 65.5 Å². The van der Waals surface area contributed by atoms with Crippen molar-refractivity contribution in [1.29, 1.82) is 0 Å². The Labute approximate surface area is 165 Å². The molecule has 0 amide bonds. The molecule has 3 nitrogen and oxygen atoms in total. The van der Waals surface area contributed by atoms with Gasteiger partial charge < -0.3 is 4.43 Å². The number of hydrogen-bond acceptors (Lipinski definition) is 3. The molecule has 1 aromatic heterocycles. The van der Waals surface area contributed by atoms with Crippen molar-refractivity contribution in [1.82, 2.24) is 4.98 Å². The van der Waals surface area contributed by atoms with Gasteiger partial charge in [-0.1, -0.05) is 65.8 Å². The average Bonchev–Trinajstić information content (AvgIpc) is 2.58. The molecule has 0 saturated heterocycles. The maximum absolute atomic E-state index is 13.4. The summed E-state index contributed by atoms with van der Waals surface area (Å²) in [6, 6.07) is 11.7. The van der Waals surface area contributed by atoms with Crippen molar-refractivity contribution in [2.75, 3.05) is 0 Å². The van der Waals surface area contributed by atoms with Gasteiger partial charge in [0, 0.05) is 18.0 Å². The van der Waals surface area contributed by atoms with Crippen LogP contribution in [0.2, 0.25) is 18.1 Å². The molecule has 0 spiro atoms. The van der Waals surface area contributed by atoms with Crippen molar-refractivity contribution in [3.63, 3.8) is 0 Å². The van der Waals surface area contributed by atoms with Crippen LogP contribution in [0.3, 0.4) is 0 Å². The van der Waals surface area contributed by atoms with Gasteiger partial charge in [0.1, 0.15) is 6.10 Å². The number of hydrogen-bond donors (Lipinski definition) is 0. The molecule has 2 rings (SSSR count). The van der Waals surface area contributed by atoms with Crippen molar-refractivity contribution in [3.8, 4) is 0 Å². The van der Waals surface area contributed by atoms with Crippen LogP contribution < -0.4 is 0 Å². The molecule has 1 aromatic carbocycles. The zero-order valence-electron chi connectivity index (χ0n) is 18.0. The van der Waals surface area contributed by atoms with E-state index in [1.54, 1.807) is 12.4 Å². The molecule has 0 aliphatic heterocycles. The number of carbonyl (C=O) groups is 1. The van der Waals surface area contributed by atoms with Gasteiger partial charge in [0.25, 0.3) is 0 Å². The molecule has 146 valence electrons. The van der Waals surface area contributed by atoms with E-state index in [-0.39, 0.29) is 16.2 Å². The van der Waals surface area contributed by atoms with E-state index in [1.165, 1.54) is 5.56 Å². The summed E-state index contributed by atoms with van der Waals surface area (Å²) >= 11 is 0. The Morgan fingerprint density at radius 1 is 0.926 bits per heavy atom. The van der Waals surface area contributed by atoms with Crippen LogP contribution >= 0.6 is 0 Å². The van der Waals surface area contributed by atoms with Crippen molar-refractivity contribution < 1.29 is 9.22 Å². The molecule has 0 N–H and O–H groups in total. The lowest BCUT2D eigenvalue weighted by Gasteiger charge is -2.39. The summed E-state index contributed by atoms with van der Waals surface area (Å²) in [6.45, 7) is 17.4. The number of rotatable bonds is 5. The Morgan fingerprint density at radius 3 is 1.89 bits per heavy atom. The summed E-state index contributed by atoms with van der Waals surface area (Å²) in [6.07, 6.45) is 2.83. The van der Waals surface area contributed by atoms with Crippen LogP contribution in [0, 0.1) is 0 Å². The third-order valence-corrected chi connectivity index (χ3v) is 9.94. The van der Waals surface area contributed by atoms with Crippen LogP contribution in [-0.4, -0.2) is 19.1 Å². The van der Waals surface area contributed by atoms with E-state index < -0.39 is 14.4 Å². The first-order valence-corrected chi connectivity index (χ1v) is 12.5. The summed E-state index contributed by atoms with van der Waals surface area (Å²) in [5.41, 5.74) is 2.82. The second kappa shape index (κ2) is 7.68. The molecule has 0 radical (unpaired) electrons. The summed E-state index contributed by atoms with van der Waals surface area (Å²) < 4.78 is 6.56. The van der Waals surface area contributed by atoms with Gasteiger partial charge in [-0.15, -0.1) is 0 Å². The van der Waals surface area contributed by atoms with Gasteiger partial charge in [-0.3, -0.25) is 9.78 Å². The molecule has 0 saturated carbocycles. The molecule has 0 aliphatic rings. The molecule has 1 atom stereocenters. The quantitative estimate of drug-likeness (QED) is 0.447. The molecule has 1 unspecified atom stereocenters. The van der Waals surface area contributed by atoms with E-state index in [2.05, 4.69) is 59.6 Å². The highest BCUT2D eigenvalue weighted by molar-refractivity contribution is 6.74. The van der Waals surface area contributed by atoms with Crippen molar-refractivity contribution in [2.24, 2.45) is 0 Å². The predicted molar refractivity (Wildman–Crippen MR) is 115 cm³/mol. The van der Waals surface area contributed by atoms with Gasteiger partial charge in [-0.2, -0.15) is 0 Å². The maximum atomic E-state index is 13.4. The number of pyridine rings is 1. The topological polar surface area (TPSA) is 39.2 Å². The second-order valence-electron chi connectivity index (χ2n) is 9.73. The molecule has 0 bridgehead atoms. The van der Waals surface area contributed by atoms with E-state index in [1.807, 2.05) is 36.4 Å². The first kappa shape index (κ1) is 21.5. The minimum absolute atomic E-state index is 0.00600. The average molecular weight is 384 g/mol. The highest BCUT2D eigenvalue weighted by Gasteiger charge is 2.41. The minimum Gasteiger partial charge on any atom is -0.403 e. The number of carbonyl (C=O) groups excluding carboxylic acids is 1. The molecule has 1 heterocycles. The van der Waals surface area contributed by atoms with E-state index in [0.717, 1.165) is 5.56 Å². The fraction of sp³-hybridized carbons (Fsp3) is 0.478. The second-order valence-corrected chi connectivity index (χ2v) is 14.5. The van der Waals surface area contributed by atoms with Crippen LogP contribution in [0.15, 0.2) is 48.8 Å². The maximum Gasteiger partial charge on any atom is 0.194 e. The Bertz CT molecular complexity index is 769. The first-order chi connectivity index (χ1) is 12.3. The lowest BCUT2D eigenvalue weighted by atomic mass is 9.86. The van der Waals surface area contributed by atoms with E-state index >= 15 is 0 Å².